The maximum absolute atomic E-state index is 13.1. The number of ketones is 1. The Morgan fingerprint density at radius 1 is 1.33 bits per heavy atom. The molecule has 1 fully saturated rings. The lowest BCUT2D eigenvalue weighted by Crippen LogP contribution is -2.41. The van der Waals surface area contributed by atoms with Crippen LogP contribution in [-0.4, -0.2) is 55.6 Å². The van der Waals surface area contributed by atoms with Gasteiger partial charge in [0, 0.05) is 36.5 Å². The third kappa shape index (κ3) is 2.82. The largest absolute Gasteiger partial charge is 0.497 e. The molecule has 4 rings (SSSR count). The van der Waals surface area contributed by atoms with E-state index in [2.05, 4.69) is 9.88 Å². The molecule has 1 saturated heterocycles. The molecule has 24 heavy (non-hydrogen) atoms. The number of carbonyl (C=O) groups is 1. The van der Waals surface area contributed by atoms with E-state index in [0.29, 0.717) is 0 Å². The van der Waals surface area contributed by atoms with Crippen molar-refractivity contribution in [1.82, 2.24) is 9.88 Å². The van der Waals surface area contributed by atoms with Crippen LogP contribution in [0.2, 0.25) is 0 Å². The molecule has 128 valence electrons. The number of morpholine rings is 1. The van der Waals surface area contributed by atoms with Crippen LogP contribution in [0.1, 0.15) is 28.9 Å². The van der Waals surface area contributed by atoms with Crippen LogP contribution in [0.4, 0.5) is 0 Å². The van der Waals surface area contributed by atoms with Crippen molar-refractivity contribution in [2.45, 2.75) is 19.3 Å². The van der Waals surface area contributed by atoms with Gasteiger partial charge in [-0.15, -0.1) is 0 Å². The Morgan fingerprint density at radius 2 is 2.17 bits per heavy atom. The first-order valence-corrected chi connectivity index (χ1v) is 8.79. The van der Waals surface area contributed by atoms with Crippen molar-refractivity contribution in [3.8, 4) is 5.75 Å². The highest BCUT2D eigenvalue weighted by Gasteiger charge is 2.30. The Balaban J connectivity index is 1.64. The number of ether oxygens (including phenoxy) is 2. The van der Waals surface area contributed by atoms with Gasteiger partial charge in [0.15, 0.2) is 5.78 Å². The summed E-state index contributed by atoms with van der Waals surface area (Å²) in [6.45, 7) is 4.26. The lowest BCUT2D eigenvalue weighted by atomic mass is 9.97. The molecule has 1 aromatic carbocycles. The first kappa shape index (κ1) is 15.7. The van der Waals surface area contributed by atoms with Gasteiger partial charge in [0.25, 0.3) is 0 Å². The summed E-state index contributed by atoms with van der Waals surface area (Å²) in [5.74, 6) is 1.19. The van der Waals surface area contributed by atoms with Crippen LogP contribution in [0.25, 0.3) is 10.9 Å². The lowest BCUT2D eigenvalue weighted by molar-refractivity contribution is 0.0295. The molecule has 1 aliphatic carbocycles. The van der Waals surface area contributed by atoms with E-state index >= 15 is 0 Å². The summed E-state index contributed by atoms with van der Waals surface area (Å²) >= 11 is 0. The number of H-pyrrole nitrogens is 1. The second-order valence-electron chi connectivity index (χ2n) is 6.76. The molecule has 0 saturated carbocycles. The number of fused-ring (bicyclic) bond motifs is 3. The van der Waals surface area contributed by atoms with Gasteiger partial charge in [0.05, 0.1) is 26.0 Å². The third-order valence-corrected chi connectivity index (χ3v) is 5.29. The molecule has 0 bridgehead atoms. The number of carbonyl (C=O) groups excluding carboxylic acids is 1. The molecule has 1 aromatic heterocycles. The van der Waals surface area contributed by atoms with Crippen molar-refractivity contribution < 1.29 is 14.3 Å². The number of aromatic nitrogens is 1. The van der Waals surface area contributed by atoms with Crippen LogP contribution in [-0.2, 0) is 11.2 Å². The number of hydrogen-bond donors (Lipinski definition) is 1. The summed E-state index contributed by atoms with van der Waals surface area (Å²) < 4.78 is 10.8. The molecule has 5 nitrogen and oxygen atoms in total. The maximum atomic E-state index is 13.1. The summed E-state index contributed by atoms with van der Waals surface area (Å²) in [5, 5.41) is 1.13. The Kier molecular flexibility index (Phi) is 4.29. The molecule has 2 heterocycles. The average Bonchev–Trinajstić information content (AvgIpc) is 2.91. The van der Waals surface area contributed by atoms with Crippen molar-refractivity contribution in [2.24, 2.45) is 5.92 Å². The highest BCUT2D eigenvalue weighted by molar-refractivity contribution is 6.04. The van der Waals surface area contributed by atoms with Crippen LogP contribution in [0.3, 0.4) is 0 Å². The van der Waals surface area contributed by atoms with Crippen LogP contribution >= 0.6 is 0 Å². The zero-order valence-corrected chi connectivity index (χ0v) is 14.1. The normalized spacial score (nSPS) is 22.4. The molecule has 1 atom stereocenters. The number of rotatable bonds is 3. The Labute approximate surface area is 141 Å². The number of nitrogens with one attached hydrogen (secondary N) is 1. The summed E-state index contributed by atoms with van der Waals surface area (Å²) in [4.78, 5) is 18.9. The number of benzene rings is 1. The van der Waals surface area contributed by atoms with E-state index in [9.17, 15) is 4.79 Å². The highest BCUT2D eigenvalue weighted by atomic mass is 16.5. The minimum absolute atomic E-state index is 0.0827. The minimum Gasteiger partial charge on any atom is -0.497 e. The Bertz CT molecular complexity index is 746. The van der Waals surface area contributed by atoms with E-state index < -0.39 is 0 Å². The van der Waals surface area contributed by atoms with Gasteiger partial charge in [0.1, 0.15) is 5.75 Å². The SMILES string of the molecule is COc1ccc2[nH]c3c(c2c1)CCCC(CN1CCOCC1)C3=O. The molecular formula is C19H24N2O3. The van der Waals surface area contributed by atoms with E-state index in [1.165, 1.54) is 5.56 Å². The number of Topliss-reactive ketones (excluding diaryl/α,β-unsaturated/α-hetero) is 1. The summed E-state index contributed by atoms with van der Waals surface area (Å²) in [7, 11) is 1.68. The lowest BCUT2D eigenvalue weighted by Gasteiger charge is -2.29. The van der Waals surface area contributed by atoms with Gasteiger partial charge in [-0.2, -0.15) is 0 Å². The van der Waals surface area contributed by atoms with Crippen LogP contribution < -0.4 is 4.74 Å². The van der Waals surface area contributed by atoms with Crippen molar-refractivity contribution >= 4 is 16.7 Å². The van der Waals surface area contributed by atoms with Crippen LogP contribution in [0.5, 0.6) is 5.75 Å². The standard InChI is InChI=1S/C19H24N2O3/c1-23-14-5-6-17-16(11-14)15-4-2-3-13(19(22)18(15)20-17)12-21-7-9-24-10-8-21/h5-6,11,13,20H,2-4,7-10,12H2,1H3. The van der Waals surface area contributed by atoms with Gasteiger partial charge in [-0.3, -0.25) is 9.69 Å². The number of aromatic amines is 1. The topological polar surface area (TPSA) is 54.6 Å². The molecule has 1 unspecified atom stereocenters. The zero-order chi connectivity index (χ0) is 16.5. The molecule has 2 aliphatic rings. The number of methoxy groups -OCH3 is 1. The van der Waals surface area contributed by atoms with Gasteiger partial charge in [-0.05, 0) is 43.0 Å². The molecule has 2 aromatic rings. The fraction of sp³-hybridized carbons (Fsp3) is 0.526. The predicted molar refractivity (Wildman–Crippen MR) is 92.9 cm³/mol. The van der Waals surface area contributed by atoms with Crippen molar-refractivity contribution in [1.29, 1.82) is 0 Å². The number of hydrogen-bond acceptors (Lipinski definition) is 4. The number of aryl methyl sites for hydroxylation is 1. The zero-order valence-electron chi connectivity index (χ0n) is 14.1. The fourth-order valence-corrected chi connectivity index (χ4v) is 3.95. The van der Waals surface area contributed by atoms with Gasteiger partial charge in [-0.1, -0.05) is 0 Å². The average molecular weight is 328 g/mol. The van der Waals surface area contributed by atoms with Crippen molar-refractivity contribution in [3.63, 3.8) is 0 Å². The quantitative estimate of drug-likeness (QED) is 0.880. The highest BCUT2D eigenvalue weighted by Crippen LogP contribution is 2.33. The van der Waals surface area contributed by atoms with Crippen LogP contribution in [0.15, 0.2) is 18.2 Å². The first-order chi connectivity index (χ1) is 11.8. The Hall–Kier alpha value is -1.85. The molecule has 5 heteroatoms. The number of nitrogens with zero attached hydrogens (tertiary/aromatic N) is 1. The molecule has 0 spiro atoms. The van der Waals surface area contributed by atoms with E-state index in [1.54, 1.807) is 7.11 Å². The third-order valence-electron chi connectivity index (χ3n) is 5.29. The molecule has 1 N–H and O–H groups in total. The molecule has 0 radical (unpaired) electrons. The van der Waals surface area contributed by atoms with Gasteiger partial charge < -0.3 is 14.5 Å². The van der Waals surface area contributed by atoms with E-state index in [4.69, 9.17) is 9.47 Å². The second kappa shape index (κ2) is 6.57. The first-order valence-electron chi connectivity index (χ1n) is 8.79. The molecule has 0 amide bonds. The van der Waals surface area contributed by atoms with E-state index in [0.717, 1.165) is 74.5 Å². The van der Waals surface area contributed by atoms with E-state index in [-0.39, 0.29) is 11.7 Å². The van der Waals surface area contributed by atoms with Gasteiger partial charge in [-0.25, -0.2) is 0 Å². The van der Waals surface area contributed by atoms with E-state index in [1.807, 2.05) is 18.2 Å². The smallest absolute Gasteiger partial charge is 0.183 e. The van der Waals surface area contributed by atoms with Gasteiger partial charge >= 0.3 is 0 Å². The Morgan fingerprint density at radius 3 is 2.96 bits per heavy atom. The summed E-state index contributed by atoms with van der Waals surface area (Å²) in [6.07, 6.45) is 2.97. The summed E-state index contributed by atoms with van der Waals surface area (Å²) in [5.41, 5.74) is 3.01. The second-order valence-corrected chi connectivity index (χ2v) is 6.76. The maximum Gasteiger partial charge on any atom is 0.183 e. The molecule has 1 aliphatic heterocycles. The van der Waals surface area contributed by atoms with Crippen molar-refractivity contribution in [2.75, 3.05) is 40.0 Å². The monoisotopic (exact) mass is 328 g/mol. The van der Waals surface area contributed by atoms with Gasteiger partial charge in [0.2, 0.25) is 0 Å². The predicted octanol–water partition coefficient (Wildman–Crippen LogP) is 2.64. The summed E-state index contributed by atoms with van der Waals surface area (Å²) in [6, 6.07) is 5.99. The molecular weight excluding hydrogens is 304 g/mol. The fourth-order valence-electron chi connectivity index (χ4n) is 3.95. The van der Waals surface area contributed by atoms with Crippen LogP contribution in [0, 0.1) is 5.92 Å². The van der Waals surface area contributed by atoms with Crippen molar-refractivity contribution in [3.05, 3.63) is 29.5 Å². The minimum atomic E-state index is 0.0827.